The Morgan fingerprint density at radius 1 is 1.33 bits per heavy atom. The Kier molecular flexibility index (Phi) is 0.681. The summed E-state index contributed by atoms with van der Waals surface area (Å²) in [5, 5.41) is -0.498. The van der Waals surface area contributed by atoms with E-state index in [1.165, 1.54) is 6.92 Å². The minimum Gasteiger partial charge on any atom is -0.101 e. The molecule has 0 N–H and O–H groups in total. The molecular weight excluding hydrogens is 199 g/mol. The van der Waals surface area contributed by atoms with Crippen LogP contribution in [0.2, 0.25) is 0 Å². The van der Waals surface area contributed by atoms with Gasteiger partial charge in [0, 0.05) is 9.60 Å². The predicted octanol–water partition coefficient (Wildman–Crippen LogP) is 4.27. The molecule has 0 aliphatic carbocycles. The van der Waals surface area contributed by atoms with Gasteiger partial charge in [-0.2, -0.15) is 0 Å². The first-order valence-electron chi connectivity index (χ1n) is 10.4. The summed E-state index contributed by atoms with van der Waals surface area (Å²) in [6.07, 6.45) is -5.45. The van der Waals surface area contributed by atoms with Gasteiger partial charge in [0.25, 0.3) is 0 Å². The van der Waals surface area contributed by atoms with Crippen molar-refractivity contribution in [1.82, 2.24) is 0 Å². The SMILES string of the molecule is [2H]c1c([2H])c2c3c(c(C)c([2H])c([2H])c3c1[2H])C([2H])([2H])P(C([2H])([2H])[2H])C2([2H])[2H]. The number of hydrogen-bond donors (Lipinski definition) is 0. The highest BCUT2D eigenvalue weighted by atomic mass is 31.1. The molecular formula is C14H15P. The van der Waals surface area contributed by atoms with Gasteiger partial charge in [0.1, 0.15) is 0 Å². The summed E-state index contributed by atoms with van der Waals surface area (Å²) < 4.78 is 97.6. The first kappa shape index (κ1) is 3.08. The van der Waals surface area contributed by atoms with Gasteiger partial charge in [-0.3, -0.25) is 0 Å². The quantitative estimate of drug-likeness (QED) is 0.588. The van der Waals surface area contributed by atoms with Crippen molar-refractivity contribution in [3.8, 4) is 0 Å². The zero-order valence-electron chi connectivity index (χ0n) is 19.9. The van der Waals surface area contributed by atoms with Crippen LogP contribution < -0.4 is 0 Å². The average molecular weight is 226 g/mol. The molecule has 0 nitrogen and oxygen atoms in total. The lowest BCUT2D eigenvalue weighted by molar-refractivity contribution is 1.26. The van der Waals surface area contributed by atoms with Gasteiger partial charge in [-0.05, 0) is 53.2 Å². The zero-order valence-corrected chi connectivity index (χ0v) is 8.84. The molecule has 0 saturated heterocycles. The summed E-state index contributed by atoms with van der Waals surface area (Å²) in [6, 6.07) is -2.78. The van der Waals surface area contributed by atoms with Gasteiger partial charge >= 0.3 is 0 Å². The molecule has 1 unspecified atom stereocenters. The molecule has 0 aromatic heterocycles. The second kappa shape index (κ2) is 3.32. The molecule has 2 aromatic carbocycles. The zero-order chi connectivity index (χ0) is 20.9. The largest absolute Gasteiger partial charge is 0.101 e. The van der Waals surface area contributed by atoms with Crippen molar-refractivity contribution < 1.29 is 16.4 Å². The molecule has 15 heavy (non-hydrogen) atoms. The van der Waals surface area contributed by atoms with E-state index in [4.69, 9.17) is 16.4 Å². The molecule has 2 aromatic rings. The molecule has 0 spiro atoms. The van der Waals surface area contributed by atoms with Gasteiger partial charge in [0.2, 0.25) is 0 Å². The smallest absolute Gasteiger partial charge is 0.0629 e. The molecule has 1 atom stereocenters. The number of benzene rings is 2. The maximum Gasteiger partial charge on any atom is 0.0629 e. The van der Waals surface area contributed by atoms with E-state index in [1.807, 2.05) is 0 Å². The van der Waals surface area contributed by atoms with Gasteiger partial charge in [-0.15, -0.1) is 7.92 Å². The summed E-state index contributed by atoms with van der Waals surface area (Å²) in [4.78, 5) is 0. The number of hydrogen-bond acceptors (Lipinski definition) is 0. The molecule has 3 rings (SSSR count). The van der Waals surface area contributed by atoms with E-state index in [-0.39, 0.29) is 21.9 Å². The maximum absolute atomic E-state index is 8.50. The normalized spacial score (nSPS) is 38.6. The van der Waals surface area contributed by atoms with Crippen LogP contribution in [-0.2, 0) is 12.2 Å². The van der Waals surface area contributed by atoms with E-state index in [9.17, 15) is 0 Å². The Balaban J connectivity index is 2.74. The second-order valence-electron chi connectivity index (χ2n) is 3.31. The van der Waals surface area contributed by atoms with Crippen LogP contribution >= 0.6 is 7.92 Å². The second-order valence-corrected chi connectivity index (χ2v) is 4.43. The molecule has 1 heterocycles. The molecule has 0 fully saturated rings. The van der Waals surface area contributed by atoms with Gasteiger partial charge in [0.05, 0.1) is 6.85 Å². The lowest BCUT2D eigenvalue weighted by Gasteiger charge is -2.24. The van der Waals surface area contributed by atoms with Gasteiger partial charge in [0.15, 0.2) is 0 Å². The third-order valence-corrected chi connectivity index (χ3v) is 3.22. The summed E-state index contributed by atoms with van der Waals surface area (Å²) in [6.45, 7) is -1.65. The molecule has 76 valence electrons. The molecule has 1 aliphatic heterocycles. The van der Waals surface area contributed by atoms with Crippen LogP contribution in [0.15, 0.2) is 30.2 Å². The van der Waals surface area contributed by atoms with E-state index >= 15 is 0 Å². The standard InChI is InChI=1S/C14H15P/c1-10-6-7-11-4-3-5-12-8-15(2)9-13(10)14(11)12/h3-7H,8-9H2,1-2H3/i2D3,3D,4D,5D,6D,7D,8D2,9D2. The minimum absolute atomic E-state index is 0.0115. The highest BCUT2D eigenvalue weighted by Crippen LogP contribution is 2.48. The summed E-state index contributed by atoms with van der Waals surface area (Å²) in [7, 11) is -3.03. The first-order valence-corrected chi connectivity index (χ1v) is 5.76. The van der Waals surface area contributed by atoms with Crippen LogP contribution in [0.5, 0.6) is 0 Å². The summed E-state index contributed by atoms with van der Waals surface area (Å²) >= 11 is 0. The van der Waals surface area contributed by atoms with Crippen molar-refractivity contribution >= 4 is 18.7 Å². The Labute approximate surface area is 109 Å². The van der Waals surface area contributed by atoms with Crippen molar-refractivity contribution in [3.63, 3.8) is 0 Å². The van der Waals surface area contributed by atoms with E-state index in [2.05, 4.69) is 0 Å². The Morgan fingerprint density at radius 3 is 3.13 bits per heavy atom. The highest BCUT2D eigenvalue weighted by molar-refractivity contribution is 7.55. The van der Waals surface area contributed by atoms with Crippen LogP contribution in [0.4, 0.5) is 0 Å². The summed E-state index contributed by atoms with van der Waals surface area (Å²) in [5.74, 6) is 0. The Hall–Kier alpha value is -0.870. The van der Waals surface area contributed by atoms with Crippen LogP contribution in [0.25, 0.3) is 10.8 Å². The fraction of sp³-hybridized carbons (Fsp3) is 0.286. The minimum atomic E-state index is -3.03. The van der Waals surface area contributed by atoms with Gasteiger partial charge in [-0.1, -0.05) is 30.2 Å². The summed E-state index contributed by atoms with van der Waals surface area (Å²) in [5.41, 5.74) is -0.738. The lowest BCUT2D eigenvalue weighted by atomic mass is 9.97. The van der Waals surface area contributed by atoms with Crippen LogP contribution in [0.1, 0.15) is 33.1 Å². The third kappa shape index (κ3) is 1.40. The van der Waals surface area contributed by atoms with E-state index in [1.54, 1.807) is 0 Å². The Bertz CT molecular complexity index is 922. The number of rotatable bonds is 0. The monoisotopic (exact) mass is 226 g/mol. The topological polar surface area (TPSA) is 0 Å². The predicted molar refractivity (Wildman–Crippen MR) is 68.9 cm³/mol. The fourth-order valence-corrected chi connectivity index (χ4v) is 2.58. The van der Waals surface area contributed by atoms with E-state index in [0.717, 1.165) is 0 Å². The highest BCUT2D eigenvalue weighted by Gasteiger charge is 2.18. The molecule has 1 heteroatoms. The van der Waals surface area contributed by atoms with Gasteiger partial charge in [-0.25, -0.2) is 0 Å². The average Bonchev–Trinajstić information content (AvgIpc) is 2.46. The molecule has 0 amide bonds. The third-order valence-electron chi connectivity index (χ3n) is 2.32. The van der Waals surface area contributed by atoms with Crippen molar-refractivity contribution in [1.29, 1.82) is 0 Å². The van der Waals surface area contributed by atoms with Crippen molar-refractivity contribution in [3.05, 3.63) is 46.9 Å². The van der Waals surface area contributed by atoms with Crippen LogP contribution in [0.3, 0.4) is 0 Å². The first-order chi connectivity index (χ1) is 12.1. The molecule has 0 saturated carbocycles. The van der Waals surface area contributed by atoms with Crippen molar-refractivity contribution in [2.75, 3.05) is 6.59 Å². The molecule has 1 aliphatic rings. The fourth-order valence-electron chi connectivity index (χ4n) is 1.63. The molecule has 0 bridgehead atoms. The van der Waals surface area contributed by atoms with E-state index < -0.39 is 62.5 Å². The lowest BCUT2D eigenvalue weighted by Crippen LogP contribution is -2.01. The van der Waals surface area contributed by atoms with Crippen molar-refractivity contribution in [2.45, 2.75) is 19.2 Å². The van der Waals surface area contributed by atoms with Crippen molar-refractivity contribution in [2.24, 2.45) is 0 Å². The Morgan fingerprint density at radius 2 is 2.27 bits per heavy atom. The van der Waals surface area contributed by atoms with E-state index in [0.29, 0.717) is 0 Å². The van der Waals surface area contributed by atoms with Crippen LogP contribution in [0, 0.1) is 6.92 Å². The van der Waals surface area contributed by atoms with Crippen LogP contribution in [-0.4, -0.2) is 6.59 Å². The maximum atomic E-state index is 8.50. The van der Waals surface area contributed by atoms with Gasteiger partial charge < -0.3 is 0 Å². The molecule has 0 radical (unpaired) electrons.